The van der Waals surface area contributed by atoms with Gasteiger partial charge in [0, 0.05) is 18.8 Å². The third-order valence-corrected chi connectivity index (χ3v) is 5.37. The molecule has 1 N–H and O–H groups in total. The Bertz CT molecular complexity index is 1020. The van der Waals surface area contributed by atoms with Gasteiger partial charge in [0.15, 0.2) is 28.6 Å². The second-order valence-electron chi connectivity index (χ2n) is 6.33. The number of anilines is 1. The number of amides is 1. The van der Waals surface area contributed by atoms with Gasteiger partial charge in [0.05, 0.1) is 12.9 Å². The Kier molecular flexibility index (Phi) is 5.57. The SMILES string of the molecule is COc1cccc(NC(=O)CSc2nnc(C3COc4ccccc4O3)n2C)c1. The second-order valence-corrected chi connectivity index (χ2v) is 7.28. The van der Waals surface area contributed by atoms with Crippen LogP contribution in [0, 0.1) is 0 Å². The number of thioether (sulfide) groups is 1. The maximum absolute atomic E-state index is 12.3. The van der Waals surface area contributed by atoms with Crippen molar-refractivity contribution in [1.82, 2.24) is 14.8 Å². The third kappa shape index (κ3) is 4.29. The molecule has 1 aliphatic rings. The molecule has 0 saturated heterocycles. The summed E-state index contributed by atoms with van der Waals surface area (Å²) in [5.74, 6) is 2.79. The van der Waals surface area contributed by atoms with Crippen molar-refractivity contribution < 1.29 is 19.0 Å². The molecule has 0 fully saturated rings. The Morgan fingerprint density at radius 1 is 1.24 bits per heavy atom. The highest BCUT2D eigenvalue weighted by molar-refractivity contribution is 7.99. The van der Waals surface area contributed by atoms with Crippen LogP contribution in [0.1, 0.15) is 11.9 Å². The van der Waals surface area contributed by atoms with Crippen LogP contribution in [-0.2, 0) is 11.8 Å². The van der Waals surface area contributed by atoms with Gasteiger partial charge in [-0.1, -0.05) is 30.0 Å². The smallest absolute Gasteiger partial charge is 0.234 e. The molecular formula is C20H20N4O4S. The van der Waals surface area contributed by atoms with Crippen LogP contribution in [0.2, 0.25) is 0 Å². The normalized spacial score (nSPS) is 15.0. The van der Waals surface area contributed by atoms with Gasteiger partial charge in [-0.2, -0.15) is 0 Å². The average Bonchev–Trinajstić information content (AvgIpc) is 3.12. The van der Waals surface area contributed by atoms with Crippen LogP contribution in [0.25, 0.3) is 0 Å². The van der Waals surface area contributed by atoms with E-state index in [4.69, 9.17) is 14.2 Å². The number of carbonyl (C=O) groups is 1. The molecule has 0 radical (unpaired) electrons. The van der Waals surface area contributed by atoms with Gasteiger partial charge in [-0.3, -0.25) is 4.79 Å². The molecule has 2 aromatic carbocycles. The minimum Gasteiger partial charge on any atom is -0.497 e. The lowest BCUT2D eigenvalue weighted by atomic mass is 10.2. The predicted molar refractivity (Wildman–Crippen MR) is 109 cm³/mol. The van der Waals surface area contributed by atoms with Gasteiger partial charge in [-0.05, 0) is 24.3 Å². The highest BCUT2D eigenvalue weighted by atomic mass is 32.2. The zero-order chi connectivity index (χ0) is 20.2. The molecule has 0 spiro atoms. The molecule has 1 aromatic heterocycles. The summed E-state index contributed by atoms with van der Waals surface area (Å²) in [6.07, 6.45) is -0.359. The number of para-hydroxylation sites is 2. The summed E-state index contributed by atoms with van der Waals surface area (Å²) in [6.45, 7) is 0.351. The Hall–Kier alpha value is -3.20. The van der Waals surface area contributed by atoms with E-state index in [-0.39, 0.29) is 17.8 Å². The summed E-state index contributed by atoms with van der Waals surface area (Å²) in [7, 11) is 3.43. The van der Waals surface area contributed by atoms with E-state index in [0.717, 1.165) is 5.75 Å². The number of fused-ring (bicyclic) bond motifs is 1. The molecule has 9 heteroatoms. The van der Waals surface area contributed by atoms with E-state index in [9.17, 15) is 4.79 Å². The molecule has 1 amide bonds. The summed E-state index contributed by atoms with van der Waals surface area (Å²) in [5.41, 5.74) is 0.681. The summed E-state index contributed by atoms with van der Waals surface area (Å²) >= 11 is 1.30. The number of nitrogens with zero attached hydrogens (tertiary/aromatic N) is 3. The van der Waals surface area contributed by atoms with Crippen LogP contribution in [0.3, 0.4) is 0 Å². The standard InChI is InChI=1S/C20H20N4O4S/c1-24-19(17-11-27-15-8-3-4-9-16(15)28-17)22-23-20(24)29-12-18(25)21-13-6-5-7-14(10-13)26-2/h3-10,17H,11-12H2,1-2H3,(H,21,25). The van der Waals surface area contributed by atoms with Crippen LogP contribution in [0.4, 0.5) is 5.69 Å². The molecular weight excluding hydrogens is 392 g/mol. The van der Waals surface area contributed by atoms with Crippen molar-refractivity contribution in [3.8, 4) is 17.2 Å². The summed E-state index contributed by atoms with van der Waals surface area (Å²) < 4.78 is 18.7. The molecule has 0 bridgehead atoms. The molecule has 0 aliphatic carbocycles. The van der Waals surface area contributed by atoms with E-state index in [1.165, 1.54) is 11.8 Å². The predicted octanol–water partition coefficient (Wildman–Crippen LogP) is 3.07. The average molecular weight is 412 g/mol. The Balaban J connectivity index is 1.37. The van der Waals surface area contributed by atoms with Crippen molar-refractivity contribution in [2.75, 3.05) is 24.8 Å². The molecule has 1 aliphatic heterocycles. The van der Waals surface area contributed by atoms with E-state index in [1.54, 1.807) is 13.2 Å². The van der Waals surface area contributed by atoms with Gasteiger partial charge in [-0.15, -0.1) is 10.2 Å². The molecule has 150 valence electrons. The van der Waals surface area contributed by atoms with Crippen molar-refractivity contribution in [1.29, 1.82) is 0 Å². The number of carbonyl (C=O) groups excluding carboxylic acids is 1. The maximum atomic E-state index is 12.3. The quantitative estimate of drug-likeness (QED) is 0.623. The van der Waals surface area contributed by atoms with E-state index in [0.29, 0.717) is 34.8 Å². The van der Waals surface area contributed by atoms with Crippen molar-refractivity contribution >= 4 is 23.4 Å². The fourth-order valence-corrected chi connectivity index (χ4v) is 3.63. The van der Waals surface area contributed by atoms with Gasteiger partial charge >= 0.3 is 0 Å². The van der Waals surface area contributed by atoms with Crippen molar-refractivity contribution in [3.05, 3.63) is 54.4 Å². The number of hydrogen-bond donors (Lipinski definition) is 1. The lowest BCUT2D eigenvalue weighted by Gasteiger charge is -2.25. The van der Waals surface area contributed by atoms with E-state index >= 15 is 0 Å². The first kappa shape index (κ1) is 19.1. The highest BCUT2D eigenvalue weighted by Crippen LogP contribution is 2.35. The first-order valence-corrected chi connectivity index (χ1v) is 9.97. The summed E-state index contributed by atoms with van der Waals surface area (Å²) in [6, 6.07) is 14.7. The molecule has 3 aromatic rings. The van der Waals surface area contributed by atoms with Crippen molar-refractivity contribution in [2.24, 2.45) is 7.05 Å². The number of benzene rings is 2. The second kappa shape index (κ2) is 8.44. The Morgan fingerprint density at radius 2 is 2.07 bits per heavy atom. The Morgan fingerprint density at radius 3 is 2.90 bits per heavy atom. The zero-order valence-corrected chi connectivity index (χ0v) is 16.8. The van der Waals surface area contributed by atoms with Crippen molar-refractivity contribution in [2.45, 2.75) is 11.3 Å². The topological polar surface area (TPSA) is 87.5 Å². The molecule has 1 atom stereocenters. The van der Waals surface area contributed by atoms with Gasteiger partial charge in [0.1, 0.15) is 12.4 Å². The van der Waals surface area contributed by atoms with E-state index < -0.39 is 0 Å². The fraction of sp³-hybridized carbons (Fsp3) is 0.250. The number of rotatable bonds is 6. The molecule has 0 saturated carbocycles. The number of hydrogen-bond acceptors (Lipinski definition) is 7. The van der Waals surface area contributed by atoms with Crippen LogP contribution < -0.4 is 19.5 Å². The minimum absolute atomic E-state index is 0.140. The number of ether oxygens (including phenoxy) is 3. The van der Waals surface area contributed by atoms with Crippen LogP contribution in [0.15, 0.2) is 53.7 Å². The van der Waals surface area contributed by atoms with Gasteiger partial charge in [0.2, 0.25) is 5.91 Å². The minimum atomic E-state index is -0.359. The molecule has 1 unspecified atom stereocenters. The fourth-order valence-electron chi connectivity index (χ4n) is 2.91. The first-order chi connectivity index (χ1) is 14.1. The molecule has 29 heavy (non-hydrogen) atoms. The van der Waals surface area contributed by atoms with Gasteiger partial charge < -0.3 is 24.1 Å². The van der Waals surface area contributed by atoms with E-state index in [2.05, 4.69) is 15.5 Å². The number of methoxy groups -OCH3 is 1. The summed E-state index contributed by atoms with van der Waals surface area (Å²) in [4.78, 5) is 12.3. The maximum Gasteiger partial charge on any atom is 0.234 e. The van der Waals surface area contributed by atoms with E-state index in [1.807, 2.05) is 54.1 Å². The van der Waals surface area contributed by atoms with Crippen LogP contribution in [0.5, 0.6) is 17.2 Å². The number of aromatic nitrogens is 3. The molecule has 2 heterocycles. The monoisotopic (exact) mass is 412 g/mol. The zero-order valence-electron chi connectivity index (χ0n) is 16.0. The van der Waals surface area contributed by atoms with Crippen molar-refractivity contribution in [3.63, 3.8) is 0 Å². The van der Waals surface area contributed by atoms with Crippen LogP contribution in [-0.4, -0.2) is 40.1 Å². The lowest BCUT2D eigenvalue weighted by Crippen LogP contribution is -2.24. The largest absolute Gasteiger partial charge is 0.497 e. The van der Waals surface area contributed by atoms with Crippen LogP contribution >= 0.6 is 11.8 Å². The number of nitrogens with one attached hydrogen (secondary N) is 1. The lowest BCUT2D eigenvalue weighted by molar-refractivity contribution is -0.113. The van der Waals surface area contributed by atoms with Gasteiger partial charge in [0.25, 0.3) is 0 Å². The third-order valence-electron chi connectivity index (χ3n) is 4.35. The summed E-state index contributed by atoms with van der Waals surface area (Å²) in [5, 5.41) is 11.9. The molecule has 8 nitrogen and oxygen atoms in total. The highest BCUT2D eigenvalue weighted by Gasteiger charge is 2.27. The molecule has 4 rings (SSSR count). The Labute approximate surface area is 172 Å². The first-order valence-electron chi connectivity index (χ1n) is 8.98. The van der Waals surface area contributed by atoms with Gasteiger partial charge in [-0.25, -0.2) is 0 Å².